The average molecular weight is 359 g/mol. The van der Waals surface area contributed by atoms with Crippen molar-refractivity contribution in [3.63, 3.8) is 0 Å². The van der Waals surface area contributed by atoms with Crippen molar-refractivity contribution >= 4 is 34.8 Å². The van der Waals surface area contributed by atoms with E-state index in [1.165, 1.54) is 7.11 Å². The smallest absolute Gasteiger partial charge is 0.229 e. The molecule has 6 heteroatoms. The van der Waals surface area contributed by atoms with Gasteiger partial charge in [0.25, 0.3) is 0 Å². The Morgan fingerprint density at radius 3 is 2.60 bits per heavy atom. The first-order chi connectivity index (χ1) is 12.0. The molecule has 5 nitrogen and oxygen atoms in total. The number of hydrogen-bond donors (Lipinski definition) is 1. The van der Waals surface area contributed by atoms with E-state index < -0.39 is 5.92 Å². The van der Waals surface area contributed by atoms with Gasteiger partial charge in [0, 0.05) is 24.3 Å². The molecule has 0 radical (unpaired) electrons. The third kappa shape index (κ3) is 3.77. The minimum absolute atomic E-state index is 0.0447. The van der Waals surface area contributed by atoms with Gasteiger partial charge in [-0.25, -0.2) is 0 Å². The molecule has 1 unspecified atom stereocenters. The number of hydrogen-bond acceptors (Lipinski definition) is 3. The van der Waals surface area contributed by atoms with Crippen LogP contribution in [0.2, 0.25) is 5.02 Å². The van der Waals surface area contributed by atoms with Crippen molar-refractivity contribution in [2.24, 2.45) is 5.92 Å². The van der Waals surface area contributed by atoms with E-state index in [9.17, 15) is 9.59 Å². The van der Waals surface area contributed by atoms with Crippen LogP contribution >= 0.6 is 11.6 Å². The van der Waals surface area contributed by atoms with Gasteiger partial charge < -0.3 is 15.0 Å². The number of anilines is 2. The second-order valence-corrected chi connectivity index (χ2v) is 6.49. The van der Waals surface area contributed by atoms with E-state index in [1.807, 2.05) is 31.2 Å². The third-order valence-electron chi connectivity index (χ3n) is 4.26. The standard InChI is InChI=1S/C19H19ClN2O3/c1-12-3-6-15(7-4-12)22-11-13(9-18(22)23)19(24)21-14-5-8-17(25-2)16(20)10-14/h3-8,10,13H,9,11H2,1-2H3,(H,21,24). The Balaban J connectivity index is 1.68. The van der Waals surface area contributed by atoms with E-state index in [2.05, 4.69) is 5.32 Å². The first-order valence-electron chi connectivity index (χ1n) is 7.99. The molecule has 1 heterocycles. The molecule has 0 spiro atoms. The molecule has 25 heavy (non-hydrogen) atoms. The van der Waals surface area contributed by atoms with E-state index in [-0.39, 0.29) is 18.2 Å². The summed E-state index contributed by atoms with van der Waals surface area (Å²) >= 11 is 6.07. The Morgan fingerprint density at radius 1 is 1.24 bits per heavy atom. The van der Waals surface area contributed by atoms with Gasteiger partial charge in [-0.1, -0.05) is 29.3 Å². The fourth-order valence-electron chi connectivity index (χ4n) is 2.85. The second kappa shape index (κ2) is 7.15. The first-order valence-corrected chi connectivity index (χ1v) is 8.37. The molecule has 130 valence electrons. The van der Waals surface area contributed by atoms with Crippen molar-refractivity contribution in [1.29, 1.82) is 0 Å². The lowest BCUT2D eigenvalue weighted by Crippen LogP contribution is -2.28. The lowest BCUT2D eigenvalue weighted by molar-refractivity contribution is -0.122. The molecule has 1 aliphatic rings. The maximum Gasteiger partial charge on any atom is 0.229 e. The number of benzene rings is 2. The molecule has 0 saturated carbocycles. The predicted octanol–water partition coefficient (Wildman–Crippen LogP) is 3.65. The van der Waals surface area contributed by atoms with Crippen LogP contribution in [0.1, 0.15) is 12.0 Å². The summed E-state index contributed by atoms with van der Waals surface area (Å²) in [5, 5.41) is 3.24. The zero-order valence-corrected chi connectivity index (χ0v) is 14.8. The molecule has 2 amide bonds. The molecule has 2 aromatic carbocycles. The van der Waals surface area contributed by atoms with E-state index in [4.69, 9.17) is 16.3 Å². The zero-order valence-electron chi connectivity index (χ0n) is 14.1. The Hall–Kier alpha value is -2.53. The molecule has 1 saturated heterocycles. The summed E-state index contributed by atoms with van der Waals surface area (Å²) < 4.78 is 5.09. The number of rotatable bonds is 4. The lowest BCUT2D eigenvalue weighted by Gasteiger charge is -2.17. The minimum atomic E-state index is -0.394. The number of halogens is 1. The van der Waals surface area contributed by atoms with Crippen LogP contribution in [0.4, 0.5) is 11.4 Å². The van der Waals surface area contributed by atoms with E-state index in [0.717, 1.165) is 11.3 Å². The molecule has 1 atom stereocenters. The Bertz CT molecular complexity index is 805. The predicted molar refractivity (Wildman–Crippen MR) is 98.3 cm³/mol. The number of amides is 2. The van der Waals surface area contributed by atoms with Crippen LogP contribution in [0.5, 0.6) is 5.75 Å². The van der Waals surface area contributed by atoms with Gasteiger partial charge in [-0.2, -0.15) is 0 Å². The third-order valence-corrected chi connectivity index (χ3v) is 4.56. The molecule has 2 aromatic rings. The van der Waals surface area contributed by atoms with Crippen molar-refractivity contribution in [2.45, 2.75) is 13.3 Å². The number of nitrogens with zero attached hydrogens (tertiary/aromatic N) is 1. The van der Waals surface area contributed by atoms with E-state index in [0.29, 0.717) is 23.0 Å². The van der Waals surface area contributed by atoms with Gasteiger partial charge in [0.1, 0.15) is 5.75 Å². The van der Waals surface area contributed by atoms with Crippen LogP contribution in [0.3, 0.4) is 0 Å². The van der Waals surface area contributed by atoms with Gasteiger partial charge in [0.05, 0.1) is 18.1 Å². The number of carbonyl (C=O) groups is 2. The molecule has 1 aliphatic heterocycles. The van der Waals surface area contributed by atoms with Gasteiger partial charge in [0.2, 0.25) is 11.8 Å². The van der Waals surface area contributed by atoms with Gasteiger partial charge in [-0.3, -0.25) is 9.59 Å². The largest absolute Gasteiger partial charge is 0.495 e. The molecule has 3 rings (SSSR count). The van der Waals surface area contributed by atoms with E-state index >= 15 is 0 Å². The number of ether oxygens (including phenoxy) is 1. The van der Waals surface area contributed by atoms with Crippen LogP contribution in [-0.2, 0) is 9.59 Å². The lowest BCUT2D eigenvalue weighted by atomic mass is 10.1. The quantitative estimate of drug-likeness (QED) is 0.907. The number of methoxy groups -OCH3 is 1. The van der Waals surface area contributed by atoms with Crippen LogP contribution in [-0.4, -0.2) is 25.5 Å². The summed E-state index contributed by atoms with van der Waals surface area (Å²) in [6.45, 7) is 2.36. The van der Waals surface area contributed by atoms with Crippen molar-refractivity contribution in [3.8, 4) is 5.75 Å². The second-order valence-electron chi connectivity index (χ2n) is 6.08. The molecule has 1 fully saturated rings. The molecule has 0 aromatic heterocycles. The summed E-state index contributed by atoms with van der Waals surface area (Å²) in [6, 6.07) is 12.7. The molecule has 0 aliphatic carbocycles. The highest BCUT2D eigenvalue weighted by Crippen LogP contribution is 2.29. The van der Waals surface area contributed by atoms with Gasteiger partial charge in [-0.05, 0) is 37.3 Å². The highest BCUT2D eigenvalue weighted by atomic mass is 35.5. The van der Waals surface area contributed by atoms with Crippen LogP contribution in [0.15, 0.2) is 42.5 Å². The Kier molecular flexibility index (Phi) is 4.95. The minimum Gasteiger partial charge on any atom is -0.495 e. The fraction of sp³-hybridized carbons (Fsp3) is 0.263. The number of carbonyl (C=O) groups excluding carboxylic acids is 2. The summed E-state index contributed by atoms with van der Waals surface area (Å²) in [4.78, 5) is 26.4. The SMILES string of the molecule is COc1ccc(NC(=O)C2CC(=O)N(c3ccc(C)cc3)C2)cc1Cl. The van der Waals surface area contributed by atoms with Gasteiger partial charge in [-0.15, -0.1) is 0 Å². The maximum absolute atomic E-state index is 12.5. The summed E-state index contributed by atoms with van der Waals surface area (Å²) in [5.74, 6) is -0.0862. The fourth-order valence-corrected chi connectivity index (χ4v) is 3.10. The molecule has 1 N–H and O–H groups in total. The highest BCUT2D eigenvalue weighted by Gasteiger charge is 2.35. The zero-order chi connectivity index (χ0) is 18.0. The van der Waals surface area contributed by atoms with Crippen LogP contribution in [0, 0.1) is 12.8 Å². The van der Waals surface area contributed by atoms with Gasteiger partial charge >= 0.3 is 0 Å². The highest BCUT2D eigenvalue weighted by molar-refractivity contribution is 6.32. The monoisotopic (exact) mass is 358 g/mol. The topological polar surface area (TPSA) is 58.6 Å². The van der Waals surface area contributed by atoms with E-state index in [1.54, 1.807) is 23.1 Å². The van der Waals surface area contributed by atoms with Crippen molar-refractivity contribution in [2.75, 3.05) is 23.9 Å². The molecular weight excluding hydrogens is 340 g/mol. The van der Waals surface area contributed by atoms with Crippen LogP contribution < -0.4 is 15.0 Å². The summed E-state index contributed by atoms with van der Waals surface area (Å²) in [5.41, 5.74) is 2.52. The Morgan fingerprint density at radius 2 is 1.96 bits per heavy atom. The van der Waals surface area contributed by atoms with Crippen molar-refractivity contribution < 1.29 is 14.3 Å². The van der Waals surface area contributed by atoms with Crippen molar-refractivity contribution in [3.05, 3.63) is 53.1 Å². The van der Waals surface area contributed by atoms with Crippen LogP contribution in [0.25, 0.3) is 0 Å². The molecular formula is C19H19ClN2O3. The maximum atomic E-state index is 12.5. The summed E-state index contributed by atoms with van der Waals surface area (Å²) in [7, 11) is 1.53. The molecule has 0 bridgehead atoms. The normalized spacial score (nSPS) is 16.8. The first kappa shape index (κ1) is 17.3. The average Bonchev–Trinajstić information content (AvgIpc) is 2.98. The number of nitrogens with one attached hydrogen (secondary N) is 1. The van der Waals surface area contributed by atoms with Gasteiger partial charge in [0.15, 0.2) is 0 Å². The number of aryl methyl sites for hydroxylation is 1. The van der Waals surface area contributed by atoms with Crippen molar-refractivity contribution in [1.82, 2.24) is 0 Å². The Labute approximate surface area is 151 Å². The summed E-state index contributed by atoms with van der Waals surface area (Å²) in [6.07, 6.45) is 0.198.